The summed E-state index contributed by atoms with van der Waals surface area (Å²) < 4.78 is 23.6. The van der Waals surface area contributed by atoms with E-state index >= 15 is 0 Å². The summed E-state index contributed by atoms with van der Waals surface area (Å²) in [6, 6.07) is -0.0356. The molecule has 70 valence electrons. The summed E-state index contributed by atoms with van der Waals surface area (Å²) in [7, 11) is 0. The van der Waals surface area contributed by atoms with Gasteiger partial charge in [0.15, 0.2) is 0 Å². The van der Waals surface area contributed by atoms with Crippen LogP contribution in [0.15, 0.2) is 0 Å². The van der Waals surface area contributed by atoms with Crippen molar-refractivity contribution in [3.05, 3.63) is 0 Å². The average molecular weight is 177 g/mol. The highest BCUT2D eigenvalue weighted by Gasteiger charge is 2.27. The third-order valence-electron chi connectivity index (χ3n) is 2.39. The van der Waals surface area contributed by atoms with Crippen LogP contribution >= 0.6 is 0 Å². The topological polar surface area (TPSA) is 29.1 Å². The van der Waals surface area contributed by atoms with Crippen LogP contribution < -0.4 is 5.32 Å². The number of halogens is 2. The Hall–Kier alpha value is -0.670. The Morgan fingerprint density at radius 1 is 1.50 bits per heavy atom. The smallest absolute Gasteiger partial charge is 0.315 e. The summed E-state index contributed by atoms with van der Waals surface area (Å²) in [5.74, 6) is -0.790. The van der Waals surface area contributed by atoms with Crippen molar-refractivity contribution in [2.45, 2.75) is 38.7 Å². The molecule has 2 unspecified atom stereocenters. The van der Waals surface area contributed by atoms with Gasteiger partial charge in [0.25, 0.3) is 5.91 Å². The van der Waals surface area contributed by atoms with Gasteiger partial charge in [0.1, 0.15) is 0 Å². The summed E-state index contributed by atoms with van der Waals surface area (Å²) >= 11 is 0. The van der Waals surface area contributed by atoms with E-state index in [1.165, 1.54) is 0 Å². The minimum atomic E-state index is -2.88. The SMILES string of the molecule is CC1CCCC1NC(=O)C(F)F. The van der Waals surface area contributed by atoms with Gasteiger partial charge in [-0.05, 0) is 18.8 Å². The molecule has 1 saturated carbocycles. The van der Waals surface area contributed by atoms with E-state index in [1.54, 1.807) is 0 Å². The van der Waals surface area contributed by atoms with Gasteiger partial charge in [-0.1, -0.05) is 13.3 Å². The maximum Gasteiger partial charge on any atom is 0.315 e. The van der Waals surface area contributed by atoms with Gasteiger partial charge in [0, 0.05) is 6.04 Å². The number of hydrogen-bond donors (Lipinski definition) is 1. The Balaban J connectivity index is 2.35. The van der Waals surface area contributed by atoms with E-state index in [2.05, 4.69) is 5.32 Å². The zero-order chi connectivity index (χ0) is 9.14. The summed E-state index contributed by atoms with van der Waals surface area (Å²) in [6.45, 7) is 1.98. The molecule has 0 aliphatic heterocycles. The lowest BCUT2D eigenvalue weighted by Gasteiger charge is -2.16. The Labute approximate surface area is 70.3 Å². The Kier molecular flexibility index (Phi) is 3.00. The molecule has 1 amide bonds. The monoisotopic (exact) mass is 177 g/mol. The third-order valence-corrected chi connectivity index (χ3v) is 2.39. The molecule has 12 heavy (non-hydrogen) atoms. The van der Waals surface area contributed by atoms with Crippen molar-refractivity contribution in [2.24, 2.45) is 5.92 Å². The molecule has 2 nitrogen and oxygen atoms in total. The van der Waals surface area contributed by atoms with E-state index in [1.807, 2.05) is 6.92 Å². The third kappa shape index (κ3) is 2.16. The Bertz CT molecular complexity index is 172. The first-order chi connectivity index (χ1) is 5.61. The molecule has 4 heteroatoms. The second-order valence-corrected chi connectivity index (χ2v) is 3.32. The van der Waals surface area contributed by atoms with E-state index in [9.17, 15) is 13.6 Å². The maximum atomic E-state index is 11.8. The largest absolute Gasteiger partial charge is 0.348 e. The van der Waals surface area contributed by atoms with Crippen molar-refractivity contribution in [3.63, 3.8) is 0 Å². The minimum absolute atomic E-state index is 0.0356. The molecule has 1 fully saturated rings. The molecule has 1 aliphatic carbocycles. The highest BCUT2D eigenvalue weighted by molar-refractivity contribution is 5.79. The van der Waals surface area contributed by atoms with E-state index < -0.39 is 12.3 Å². The van der Waals surface area contributed by atoms with Crippen LogP contribution in [0.2, 0.25) is 0 Å². The van der Waals surface area contributed by atoms with Crippen LogP contribution in [0.3, 0.4) is 0 Å². The highest BCUT2D eigenvalue weighted by atomic mass is 19.3. The molecule has 0 aromatic heterocycles. The molecule has 0 saturated heterocycles. The fourth-order valence-corrected chi connectivity index (χ4v) is 1.61. The summed E-state index contributed by atoms with van der Waals surface area (Å²) in [6.07, 6.45) is 0.00110. The molecular weight excluding hydrogens is 164 g/mol. The van der Waals surface area contributed by atoms with Gasteiger partial charge in [0.2, 0.25) is 0 Å². The van der Waals surface area contributed by atoms with Crippen molar-refractivity contribution >= 4 is 5.91 Å². The van der Waals surface area contributed by atoms with Crippen LogP contribution in [0.4, 0.5) is 8.78 Å². The molecule has 1 N–H and O–H groups in total. The first-order valence-electron chi connectivity index (χ1n) is 4.20. The number of nitrogens with one attached hydrogen (secondary N) is 1. The van der Waals surface area contributed by atoms with E-state index in [0.29, 0.717) is 5.92 Å². The van der Waals surface area contributed by atoms with Crippen molar-refractivity contribution in [3.8, 4) is 0 Å². The summed E-state index contributed by atoms with van der Waals surface area (Å²) in [5, 5.41) is 2.34. The molecule has 2 atom stereocenters. The fraction of sp³-hybridized carbons (Fsp3) is 0.875. The lowest BCUT2D eigenvalue weighted by molar-refractivity contribution is -0.132. The average Bonchev–Trinajstić information content (AvgIpc) is 2.36. The Morgan fingerprint density at radius 3 is 2.58 bits per heavy atom. The van der Waals surface area contributed by atoms with Crippen LogP contribution in [0, 0.1) is 5.92 Å². The van der Waals surface area contributed by atoms with Gasteiger partial charge in [-0.3, -0.25) is 4.79 Å². The summed E-state index contributed by atoms with van der Waals surface area (Å²) in [4.78, 5) is 10.6. The van der Waals surface area contributed by atoms with Gasteiger partial charge in [-0.25, -0.2) is 0 Å². The van der Waals surface area contributed by atoms with Gasteiger partial charge in [-0.15, -0.1) is 0 Å². The van der Waals surface area contributed by atoms with Crippen LogP contribution in [0.5, 0.6) is 0 Å². The number of hydrogen-bond acceptors (Lipinski definition) is 1. The standard InChI is InChI=1S/C8H13F2NO/c1-5-3-2-4-6(5)11-8(12)7(9)10/h5-7H,2-4H2,1H3,(H,11,12). The first kappa shape index (κ1) is 9.42. The number of alkyl halides is 2. The molecule has 1 rings (SSSR count). The van der Waals surface area contributed by atoms with Crippen LogP contribution in [-0.4, -0.2) is 18.4 Å². The van der Waals surface area contributed by atoms with Gasteiger partial charge < -0.3 is 5.32 Å². The molecule has 1 aliphatic rings. The van der Waals surface area contributed by atoms with E-state index in [0.717, 1.165) is 19.3 Å². The minimum Gasteiger partial charge on any atom is -0.348 e. The molecule has 0 aromatic rings. The first-order valence-corrected chi connectivity index (χ1v) is 4.20. The normalized spacial score (nSPS) is 29.3. The van der Waals surface area contributed by atoms with Crippen molar-refractivity contribution in [1.29, 1.82) is 0 Å². The zero-order valence-corrected chi connectivity index (χ0v) is 7.02. The summed E-state index contributed by atoms with van der Waals surface area (Å²) in [5.41, 5.74) is 0. The van der Waals surface area contributed by atoms with Crippen molar-refractivity contribution in [1.82, 2.24) is 5.32 Å². The predicted octanol–water partition coefficient (Wildman–Crippen LogP) is 1.56. The van der Waals surface area contributed by atoms with Crippen LogP contribution in [0.1, 0.15) is 26.2 Å². The number of rotatable bonds is 2. The number of carbonyl (C=O) groups is 1. The molecule has 0 bridgehead atoms. The maximum absolute atomic E-state index is 11.8. The van der Waals surface area contributed by atoms with Gasteiger partial charge in [-0.2, -0.15) is 8.78 Å². The van der Waals surface area contributed by atoms with Crippen LogP contribution in [0.25, 0.3) is 0 Å². The van der Waals surface area contributed by atoms with Crippen LogP contribution in [-0.2, 0) is 4.79 Å². The molecular formula is C8H13F2NO. The molecule has 0 heterocycles. The van der Waals surface area contributed by atoms with E-state index in [-0.39, 0.29) is 6.04 Å². The lowest BCUT2D eigenvalue weighted by Crippen LogP contribution is -2.39. The predicted molar refractivity (Wildman–Crippen MR) is 40.9 cm³/mol. The molecule has 0 aromatic carbocycles. The van der Waals surface area contributed by atoms with Gasteiger partial charge >= 0.3 is 6.43 Å². The highest BCUT2D eigenvalue weighted by Crippen LogP contribution is 2.24. The van der Waals surface area contributed by atoms with Crippen molar-refractivity contribution < 1.29 is 13.6 Å². The zero-order valence-electron chi connectivity index (χ0n) is 7.02. The quantitative estimate of drug-likeness (QED) is 0.681. The fourth-order valence-electron chi connectivity index (χ4n) is 1.61. The number of carbonyl (C=O) groups excluding carboxylic acids is 1. The van der Waals surface area contributed by atoms with Gasteiger partial charge in [0.05, 0.1) is 0 Å². The second kappa shape index (κ2) is 3.83. The Morgan fingerprint density at radius 2 is 2.17 bits per heavy atom. The molecule has 0 spiro atoms. The second-order valence-electron chi connectivity index (χ2n) is 3.32. The molecule has 0 radical (unpaired) electrons. The lowest BCUT2D eigenvalue weighted by atomic mass is 10.1. The number of amides is 1. The van der Waals surface area contributed by atoms with E-state index in [4.69, 9.17) is 0 Å². The van der Waals surface area contributed by atoms with Crippen molar-refractivity contribution in [2.75, 3.05) is 0 Å².